The first-order valence-corrected chi connectivity index (χ1v) is 4.13. The second-order valence-electron chi connectivity index (χ2n) is 4.27. The number of aromatic nitrogens is 1. The fraction of sp³-hybridized carbons (Fsp3) is 0.500. The van der Waals surface area contributed by atoms with E-state index in [2.05, 4.69) is 20.8 Å². The maximum Gasteiger partial charge on any atom is 0.181 e. The predicted octanol–water partition coefficient (Wildman–Crippen LogP) is 1.89. The van der Waals surface area contributed by atoms with Crippen LogP contribution in [-0.4, -0.2) is 4.57 Å². The molecule has 0 saturated heterocycles. The van der Waals surface area contributed by atoms with Gasteiger partial charge in [-0.25, -0.2) is 0 Å². The van der Waals surface area contributed by atoms with Gasteiger partial charge in [0.15, 0.2) is 5.43 Å². The van der Waals surface area contributed by atoms with Crippen molar-refractivity contribution in [2.75, 3.05) is 0 Å². The summed E-state index contributed by atoms with van der Waals surface area (Å²) >= 11 is 0. The highest BCUT2D eigenvalue weighted by molar-refractivity contribution is 4.94. The molecule has 0 bridgehead atoms. The summed E-state index contributed by atoms with van der Waals surface area (Å²) in [5.74, 6) is 0. The van der Waals surface area contributed by atoms with Gasteiger partial charge in [0, 0.05) is 31.1 Å². The van der Waals surface area contributed by atoms with Crippen molar-refractivity contribution in [2.24, 2.45) is 5.41 Å². The Morgan fingerprint density at radius 1 is 1.25 bits per heavy atom. The molecule has 0 radical (unpaired) electrons. The minimum Gasteiger partial charge on any atom is -0.353 e. The highest BCUT2D eigenvalue weighted by Crippen LogP contribution is 2.15. The Balaban J connectivity index is 2.78. The number of rotatable bonds is 1. The van der Waals surface area contributed by atoms with Crippen molar-refractivity contribution in [1.82, 2.24) is 4.57 Å². The Morgan fingerprint density at radius 3 is 2.17 bits per heavy atom. The van der Waals surface area contributed by atoms with Gasteiger partial charge in [0.1, 0.15) is 0 Å². The van der Waals surface area contributed by atoms with Gasteiger partial charge in [-0.1, -0.05) is 20.8 Å². The van der Waals surface area contributed by atoms with E-state index in [-0.39, 0.29) is 10.8 Å². The van der Waals surface area contributed by atoms with Crippen LogP contribution in [0.4, 0.5) is 0 Å². The molecule has 0 amide bonds. The molecule has 12 heavy (non-hydrogen) atoms. The van der Waals surface area contributed by atoms with Crippen molar-refractivity contribution in [3.8, 4) is 0 Å². The van der Waals surface area contributed by atoms with Crippen molar-refractivity contribution < 1.29 is 0 Å². The smallest absolute Gasteiger partial charge is 0.181 e. The molecule has 0 aliphatic rings. The summed E-state index contributed by atoms with van der Waals surface area (Å²) in [5.41, 5.74) is 0.329. The van der Waals surface area contributed by atoms with E-state index in [0.717, 1.165) is 6.54 Å². The molecule has 1 aromatic heterocycles. The molecule has 0 fully saturated rings. The van der Waals surface area contributed by atoms with Crippen LogP contribution in [-0.2, 0) is 6.54 Å². The summed E-state index contributed by atoms with van der Waals surface area (Å²) < 4.78 is 2.03. The van der Waals surface area contributed by atoms with Crippen LogP contribution in [0.2, 0.25) is 0 Å². The molecule has 0 aliphatic heterocycles. The Hall–Kier alpha value is -1.05. The highest BCUT2D eigenvalue weighted by Gasteiger charge is 2.09. The van der Waals surface area contributed by atoms with Gasteiger partial charge < -0.3 is 4.57 Å². The maximum atomic E-state index is 10.8. The van der Waals surface area contributed by atoms with Crippen LogP contribution < -0.4 is 5.43 Å². The highest BCUT2D eigenvalue weighted by atomic mass is 16.1. The SMILES string of the molecule is CC(C)(C)Cn1ccc(=O)cc1. The van der Waals surface area contributed by atoms with Gasteiger partial charge in [-0.15, -0.1) is 0 Å². The molecule has 1 rings (SSSR count). The normalized spacial score (nSPS) is 11.6. The molecular formula is C10H15NO. The molecule has 2 heteroatoms. The quantitative estimate of drug-likeness (QED) is 0.623. The molecule has 0 atom stereocenters. The molecular weight excluding hydrogens is 150 g/mol. The zero-order chi connectivity index (χ0) is 9.19. The van der Waals surface area contributed by atoms with Gasteiger partial charge in [0.2, 0.25) is 0 Å². The van der Waals surface area contributed by atoms with Gasteiger partial charge in [-0.05, 0) is 5.41 Å². The van der Waals surface area contributed by atoms with Crippen LogP contribution in [0.1, 0.15) is 20.8 Å². The van der Waals surface area contributed by atoms with Crippen LogP contribution in [0.5, 0.6) is 0 Å². The van der Waals surface area contributed by atoms with Gasteiger partial charge in [0.05, 0.1) is 0 Å². The third-order valence-electron chi connectivity index (χ3n) is 1.52. The first-order valence-electron chi connectivity index (χ1n) is 4.13. The molecule has 0 spiro atoms. The van der Waals surface area contributed by atoms with E-state index in [4.69, 9.17) is 0 Å². The Labute approximate surface area is 72.8 Å². The van der Waals surface area contributed by atoms with Crippen molar-refractivity contribution in [2.45, 2.75) is 27.3 Å². The van der Waals surface area contributed by atoms with Gasteiger partial charge in [-0.2, -0.15) is 0 Å². The minimum atomic E-state index is 0.0696. The van der Waals surface area contributed by atoms with Crippen LogP contribution in [0.15, 0.2) is 29.3 Å². The van der Waals surface area contributed by atoms with E-state index in [1.54, 1.807) is 12.1 Å². The van der Waals surface area contributed by atoms with E-state index >= 15 is 0 Å². The Kier molecular flexibility index (Phi) is 2.36. The summed E-state index contributed by atoms with van der Waals surface area (Å²) in [5, 5.41) is 0. The first kappa shape index (κ1) is 9.04. The first-order chi connectivity index (χ1) is 5.47. The van der Waals surface area contributed by atoms with Gasteiger partial charge >= 0.3 is 0 Å². The van der Waals surface area contributed by atoms with Gasteiger partial charge in [0.25, 0.3) is 0 Å². The lowest BCUT2D eigenvalue weighted by atomic mass is 9.97. The average Bonchev–Trinajstić information content (AvgIpc) is 1.91. The monoisotopic (exact) mass is 165 g/mol. The van der Waals surface area contributed by atoms with E-state index < -0.39 is 0 Å². The topological polar surface area (TPSA) is 22.0 Å². The van der Waals surface area contributed by atoms with Crippen LogP contribution in [0.25, 0.3) is 0 Å². The molecule has 0 saturated carbocycles. The van der Waals surface area contributed by atoms with E-state index in [1.807, 2.05) is 17.0 Å². The second kappa shape index (κ2) is 3.13. The lowest BCUT2D eigenvalue weighted by molar-refractivity contribution is 0.342. The summed E-state index contributed by atoms with van der Waals surface area (Å²) in [4.78, 5) is 10.8. The lowest BCUT2D eigenvalue weighted by Crippen LogP contribution is -2.16. The second-order valence-corrected chi connectivity index (χ2v) is 4.27. The number of nitrogens with zero attached hydrogens (tertiary/aromatic N) is 1. The van der Waals surface area contributed by atoms with Crippen LogP contribution in [0.3, 0.4) is 0 Å². The van der Waals surface area contributed by atoms with Gasteiger partial charge in [-0.3, -0.25) is 4.79 Å². The standard InChI is InChI=1S/C10H15NO/c1-10(2,3)8-11-6-4-9(12)5-7-11/h4-7H,8H2,1-3H3. The summed E-state index contributed by atoms with van der Waals surface area (Å²) in [6, 6.07) is 3.18. The Morgan fingerprint density at radius 2 is 1.75 bits per heavy atom. The van der Waals surface area contributed by atoms with Crippen LogP contribution >= 0.6 is 0 Å². The minimum absolute atomic E-state index is 0.0696. The van der Waals surface area contributed by atoms with E-state index in [9.17, 15) is 4.79 Å². The molecule has 0 N–H and O–H groups in total. The third-order valence-corrected chi connectivity index (χ3v) is 1.52. The fourth-order valence-electron chi connectivity index (χ4n) is 1.10. The molecule has 66 valence electrons. The largest absolute Gasteiger partial charge is 0.353 e. The zero-order valence-electron chi connectivity index (χ0n) is 7.87. The molecule has 1 heterocycles. The Bertz CT molecular complexity index is 286. The summed E-state index contributed by atoms with van der Waals surface area (Å²) in [6.45, 7) is 7.45. The third kappa shape index (κ3) is 2.91. The van der Waals surface area contributed by atoms with Crippen molar-refractivity contribution in [1.29, 1.82) is 0 Å². The number of hydrogen-bond donors (Lipinski definition) is 0. The number of hydrogen-bond acceptors (Lipinski definition) is 1. The summed E-state index contributed by atoms with van der Waals surface area (Å²) in [6.07, 6.45) is 3.65. The zero-order valence-corrected chi connectivity index (χ0v) is 7.87. The molecule has 0 aromatic carbocycles. The van der Waals surface area contributed by atoms with Crippen molar-refractivity contribution in [3.63, 3.8) is 0 Å². The summed E-state index contributed by atoms with van der Waals surface area (Å²) in [7, 11) is 0. The van der Waals surface area contributed by atoms with Crippen molar-refractivity contribution in [3.05, 3.63) is 34.7 Å². The molecule has 0 unspecified atom stereocenters. The average molecular weight is 165 g/mol. The van der Waals surface area contributed by atoms with E-state index in [0.29, 0.717) is 0 Å². The van der Waals surface area contributed by atoms with Crippen LogP contribution in [0, 0.1) is 5.41 Å². The molecule has 2 nitrogen and oxygen atoms in total. The lowest BCUT2D eigenvalue weighted by Gasteiger charge is -2.19. The molecule has 1 aromatic rings. The van der Waals surface area contributed by atoms with E-state index in [1.165, 1.54) is 0 Å². The predicted molar refractivity (Wildman–Crippen MR) is 50.2 cm³/mol. The van der Waals surface area contributed by atoms with Crippen molar-refractivity contribution >= 4 is 0 Å². The fourth-order valence-corrected chi connectivity index (χ4v) is 1.10. The number of pyridine rings is 1. The maximum absolute atomic E-state index is 10.8. The molecule has 0 aliphatic carbocycles.